The minimum atomic E-state index is -0.351. The van der Waals surface area contributed by atoms with Crippen molar-refractivity contribution in [1.29, 1.82) is 0 Å². The summed E-state index contributed by atoms with van der Waals surface area (Å²) in [6.07, 6.45) is 1.49. The Bertz CT molecular complexity index is 1700. The zero-order valence-corrected chi connectivity index (χ0v) is 20.0. The second kappa shape index (κ2) is 10.4. The van der Waals surface area contributed by atoms with E-state index in [1.54, 1.807) is 6.07 Å². The number of furan rings is 1. The molecule has 3 nitrogen and oxygen atoms in total. The number of pyridine rings is 2. The Morgan fingerprint density at radius 3 is 2.58 bits per heavy atom. The van der Waals surface area contributed by atoms with Gasteiger partial charge in [0, 0.05) is 37.9 Å². The average molecular weight is 609 g/mol. The quantitative estimate of drug-likeness (QED) is 0.194. The molecular weight excluding hydrogens is 585 g/mol. The van der Waals surface area contributed by atoms with Crippen molar-refractivity contribution in [3.63, 3.8) is 0 Å². The van der Waals surface area contributed by atoms with Crippen LogP contribution in [0.15, 0.2) is 108 Å². The summed E-state index contributed by atoms with van der Waals surface area (Å²) in [5.41, 5.74) is 5.07. The van der Waals surface area contributed by atoms with E-state index in [4.69, 9.17) is 9.90 Å². The summed E-state index contributed by atoms with van der Waals surface area (Å²) in [5.74, 6) is 0. The number of benzene rings is 3. The second-order valence-corrected chi connectivity index (χ2v) is 7.14. The number of rotatable bonds is 2. The van der Waals surface area contributed by atoms with Crippen molar-refractivity contribution < 1.29 is 30.0 Å². The molecule has 6 aromatic rings. The molecule has 0 unspecified atom stereocenters. The minimum Gasteiger partial charge on any atom is -0.501 e. The Labute approximate surface area is 212 Å². The molecule has 1 radical (unpaired) electrons. The fourth-order valence-corrected chi connectivity index (χ4v) is 3.45. The molecule has 0 fully saturated rings. The third-order valence-corrected chi connectivity index (χ3v) is 4.94. The first-order valence-electron chi connectivity index (χ1n) is 12.1. The molecule has 0 N–H and O–H groups in total. The number of aryl methyl sites for hydroxylation is 1. The van der Waals surface area contributed by atoms with Gasteiger partial charge in [0.15, 0.2) is 0 Å². The molecule has 3 heterocycles. The number of hydrogen-bond donors (Lipinski definition) is 0. The third kappa shape index (κ3) is 4.93. The van der Waals surface area contributed by atoms with Crippen molar-refractivity contribution in [3.8, 4) is 22.5 Å². The monoisotopic (exact) mass is 609 g/mol. The van der Waals surface area contributed by atoms with Crippen LogP contribution in [0.25, 0.3) is 44.5 Å². The van der Waals surface area contributed by atoms with Gasteiger partial charge in [-0.2, -0.15) is 0 Å². The van der Waals surface area contributed by atoms with Crippen molar-refractivity contribution in [2.24, 2.45) is 0 Å². The first-order chi connectivity index (χ1) is 17.4. The molecule has 0 atom stereocenters. The van der Waals surface area contributed by atoms with Gasteiger partial charge < -0.3 is 14.4 Å². The van der Waals surface area contributed by atoms with E-state index in [0.29, 0.717) is 16.7 Å². The van der Waals surface area contributed by atoms with Gasteiger partial charge in [-0.3, -0.25) is 0 Å². The van der Waals surface area contributed by atoms with Gasteiger partial charge in [-0.15, -0.1) is 54.1 Å². The fraction of sp³-hybridized carbons (Fsp3) is 0.0345. The Morgan fingerprint density at radius 1 is 0.848 bits per heavy atom. The fourth-order valence-electron chi connectivity index (χ4n) is 3.45. The summed E-state index contributed by atoms with van der Waals surface area (Å²) in [6, 6.07) is 28.4. The molecule has 33 heavy (non-hydrogen) atoms. The minimum absolute atomic E-state index is 0. The largest absolute Gasteiger partial charge is 0.501 e. The SMILES string of the molecule is Cc1ccnc(-c2[c-]cccc2)c1.[2H]c1nc(-c2[c-]ccc3c2oc2ccccc23)c([2H])c([2H])c1[2H].[Ir]. The predicted octanol–water partition coefficient (Wildman–Crippen LogP) is 7.30. The van der Waals surface area contributed by atoms with Crippen LogP contribution in [0.5, 0.6) is 0 Å². The first-order valence-corrected chi connectivity index (χ1v) is 10.1. The van der Waals surface area contributed by atoms with Gasteiger partial charge in [-0.1, -0.05) is 52.9 Å². The summed E-state index contributed by atoms with van der Waals surface area (Å²) in [4.78, 5) is 8.28. The molecule has 3 aromatic carbocycles. The van der Waals surface area contributed by atoms with Crippen LogP contribution in [-0.4, -0.2) is 9.97 Å². The van der Waals surface area contributed by atoms with Gasteiger partial charge in [0.25, 0.3) is 0 Å². The third-order valence-electron chi connectivity index (χ3n) is 4.94. The van der Waals surface area contributed by atoms with Crippen LogP contribution in [0.3, 0.4) is 0 Å². The van der Waals surface area contributed by atoms with E-state index in [0.717, 1.165) is 22.0 Å². The normalized spacial score (nSPS) is 12.0. The van der Waals surface area contributed by atoms with E-state index in [9.17, 15) is 0 Å². The maximum absolute atomic E-state index is 8.07. The average Bonchev–Trinajstić information content (AvgIpc) is 3.29. The van der Waals surface area contributed by atoms with Crippen molar-refractivity contribution in [1.82, 2.24) is 9.97 Å². The summed E-state index contributed by atoms with van der Waals surface area (Å²) in [5, 5.41) is 1.81. The van der Waals surface area contributed by atoms with Gasteiger partial charge in [0.05, 0.1) is 11.1 Å². The molecule has 0 aliphatic heterocycles. The van der Waals surface area contributed by atoms with Crippen LogP contribution in [0.1, 0.15) is 11.0 Å². The molecule has 4 heteroatoms. The molecule has 0 amide bonds. The zero-order chi connectivity index (χ0) is 25.2. The van der Waals surface area contributed by atoms with Crippen LogP contribution in [0.4, 0.5) is 0 Å². The summed E-state index contributed by atoms with van der Waals surface area (Å²) in [6.45, 7) is 2.06. The molecule has 0 aliphatic carbocycles. The predicted molar refractivity (Wildman–Crippen MR) is 129 cm³/mol. The Balaban J connectivity index is 0.000000195. The van der Waals surface area contributed by atoms with Crippen LogP contribution in [0, 0.1) is 19.1 Å². The van der Waals surface area contributed by atoms with Crippen molar-refractivity contribution >= 4 is 21.9 Å². The Kier molecular flexibility index (Phi) is 5.62. The van der Waals surface area contributed by atoms with E-state index in [1.807, 2.05) is 66.9 Å². The summed E-state index contributed by atoms with van der Waals surface area (Å²) in [7, 11) is 0. The number of para-hydroxylation sites is 1. The Hall–Kier alpha value is -3.59. The molecule has 0 bridgehead atoms. The van der Waals surface area contributed by atoms with Crippen molar-refractivity contribution in [2.75, 3.05) is 0 Å². The second-order valence-electron chi connectivity index (χ2n) is 7.14. The number of fused-ring (bicyclic) bond motifs is 3. The number of nitrogens with zero attached hydrogens (tertiary/aromatic N) is 2. The molecule has 6 rings (SSSR count). The van der Waals surface area contributed by atoms with Crippen LogP contribution < -0.4 is 0 Å². The first kappa shape index (κ1) is 17.9. The van der Waals surface area contributed by atoms with Gasteiger partial charge in [0.1, 0.15) is 5.58 Å². The Morgan fingerprint density at radius 2 is 1.73 bits per heavy atom. The molecule has 0 aliphatic rings. The molecule has 3 aromatic heterocycles. The smallest absolute Gasteiger partial charge is 0.120 e. The summed E-state index contributed by atoms with van der Waals surface area (Å²) >= 11 is 0. The van der Waals surface area contributed by atoms with E-state index >= 15 is 0 Å². The number of aromatic nitrogens is 2. The maximum atomic E-state index is 8.07. The van der Waals surface area contributed by atoms with Gasteiger partial charge in [-0.05, 0) is 36.5 Å². The van der Waals surface area contributed by atoms with E-state index in [-0.39, 0.29) is 50.1 Å². The molecular formula is C29H20IrN2O-2. The molecule has 0 saturated carbocycles. The van der Waals surface area contributed by atoms with E-state index < -0.39 is 0 Å². The standard InChI is InChI=1S/C17H10NO.C12H10N.Ir/c1-2-10-16-12(6-1)13-7-5-8-14(17(13)19-16)15-9-3-4-11-18-15;1-10-7-8-13-12(9-10)11-5-3-2-4-6-11;/h1-7,9-11H;2-5,7-9H,1H3;/q2*-1;/i3D,4D,9D,11D;;. The van der Waals surface area contributed by atoms with E-state index in [1.165, 1.54) is 5.56 Å². The molecule has 0 saturated heterocycles. The van der Waals surface area contributed by atoms with Crippen LogP contribution in [-0.2, 0) is 20.1 Å². The van der Waals surface area contributed by atoms with Crippen molar-refractivity contribution in [3.05, 3.63) is 121 Å². The van der Waals surface area contributed by atoms with Crippen LogP contribution >= 0.6 is 0 Å². The zero-order valence-electron chi connectivity index (χ0n) is 21.6. The van der Waals surface area contributed by atoms with Crippen molar-refractivity contribution in [2.45, 2.75) is 6.92 Å². The van der Waals surface area contributed by atoms with Gasteiger partial charge in [0.2, 0.25) is 0 Å². The van der Waals surface area contributed by atoms with Gasteiger partial charge >= 0.3 is 0 Å². The number of hydrogen-bond acceptors (Lipinski definition) is 3. The molecule has 0 spiro atoms. The summed E-state index contributed by atoms with van der Waals surface area (Å²) < 4.78 is 37.1. The van der Waals surface area contributed by atoms with Crippen LogP contribution in [0.2, 0.25) is 0 Å². The molecule has 163 valence electrons. The maximum Gasteiger partial charge on any atom is 0.120 e. The van der Waals surface area contributed by atoms with Gasteiger partial charge in [-0.25, -0.2) is 0 Å². The van der Waals surface area contributed by atoms with E-state index in [2.05, 4.69) is 35.1 Å². The topological polar surface area (TPSA) is 38.9 Å².